The Morgan fingerprint density at radius 1 is 1.09 bits per heavy atom. The highest BCUT2D eigenvalue weighted by molar-refractivity contribution is 6.07. The number of quaternary nitrogens is 1. The molecule has 0 fully saturated rings. The molecule has 2 aliphatic heterocycles. The summed E-state index contributed by atoms with van der Waals surface area (Å²) in [5.74, 6) is 1.36. The fourth-order valence-corrected chi connectivity index (χ4v) is 3.80. The molecular weight excluding hydrogens is 292 g/mol. The largest absolute Gasteiger partial charge is 0.493 e. The molecule has 23 heavy (non-hydrogen) atoms. The Bertz CT molecular complexity index is 803. The number of benzene rings is 2. The van der Waals surface area contributed by atoms with E-state index >= 15 is 0 Å². The number of carbonyl (C=O) groups excluding carboxylic acids is 1. The Labute approximate surface area is 134 Å². The van der Waals surface area contributed by atoms with Crippen molar-refractivity contribution in [2.24, 2.45) is 0 Å². The van der Waals surface area contributed by atoms with Crippen LogP contribution in [0.5, 0.6) is 11.5 Å². The Balaban J connectivity index is 1.99. The lowest BCUT2D eigenvalue weighted by Crippen LogP contribution is -2.98. The number of methoxy groups -OCH3 is 2. The number of hydrogen-bond donors (Lipinski definition) is 2. The van der Waals surface area contributed by atoms with Crippen molar-refractivity contribution in [1.82, 2.24) is 0 Å². The van der Waals surface area contributed by atoms with Crippen LogP contribution in [0.3, 0.4) is 0 Å². The minimum absolute atomic E-state index is 0.00636. The molecular formula is C18H19N2O3+. The normalized spacial score (nSPS) is 21.6. The molecule has 1 atom stereocenters. The molecule has 2 aromatic carbocycles. The first-order valence-corrected chi connectivity index (χ1v) is 7.71. The number of fused-ring (bicyclic) bond motifs is 4. The lowest BCUT2D eigenvalue weighted by Gasteiger charge is -2.32. The van der Waals surface area contributed by atoms with Gasteiger partial charge in [0, 0.05) is 12.0 Å². The maximum absolute atomic E-state index is 12.9. The first-order chi connectivity index (χ1) is 11.2. The monoisotopic (exact) mass is 311 g/mol. The van der Waals surface area contributed by atoms with Crippen LogP contribution in [0.25, 0.3) is 0 Å². The maximum atomic E-state index is 12.9. The number of rotatable bonds is 2. The zero-order chi connectivity index (χ0) is 16.0. The van der Waals surface area contributed by atoms with E-state index in [1.165, 1.54) is 0 Å². The fraction of sp³-hybridized carbons (Fsp3) is 0.278. The highest BCUT2D eigenvalue weighted by Crippen LogP contribution is 2.43. The van der Waals surface area contributed by atoms with Crippen LogP contribution in [0.4, 0.5) is 5.69 Å². The molecule has 3 N–H and O–H groups in total. The number of carbonyl (C=O) groups is 1. The predicted octanol–water partition coefficient (Wildman–Crippen LogP) is 1.02. The summed E-state index contributed by atoms with van der Waals surface area (Å²) in [6.45, 7) is 0.851. The quantitative estimate of drug-likeness (QED) is 0.870. The van der Waals surface area contributed by atoms with E-state index in [-0.39, 0.29) is 5.91 Å². The van der Waals surface area contributed by atoms with Crippen molar-refractivity contribution >= 4 is 11.6 Å². The third-order valence-electron chi connectivity index (χ3n) is 4.86. The van der Waals surface area contributed by atoms with Gasteiger partial charge in [-0.25, -0.2) is 0 Å². The average Bonchev–Trinajstić information content (AvgIpc) is 2.87. The van der Waals surface area contributed by atoms with E-state index in [1.54, 1.807) is 14.2 Å². The van der Waals surface area contributed by atoms with Crippen LogP contribution < -0.4 is 20.1 Å². The summed E-state index contributed by atoms with van der Waals surface area (Å²) in [5, 5.41) is 5.15. The summed E-state index contributed by atoms with van der Waals surface area (Å²) < 4.78 is 10.9. The molecule has 118 valence electrons. The van der Waals surface area contributed by atoms with E-state index in [9.17, 15) is 4.79 Å². The van der Waals surface area contributed by atoms with Gasteiger partial charge in [-0.1, -0.05) is 12.1 Å². The number of ether oxygens (including phenoxy) is 2. The molecule has 0 radical (unpaired) electrons. The van der Waals surface area contributed by atoms with Gasteiger partial charge in [0.05, 0.1) is 32.0 Å². The van der Waals surface area contributed by atoms with E-state index in [1.807, 2.05) is 36.4 Å². The zero-order valence-corrected chi connectivity index (χ0v) is 13.2. The lowest BCUT2D eigenvalue weighted by molar-refractivity contribution is -0.713. The number of amides is 1. The first kappa shape index (κ1) is 14.1. The molecule has 0 aliphatic carbocycles. The third kappa shape index (κ3) is 1.80. The van der Waals surface area contributed by atoms with E-state index in [0.717, 1.165) is 35.3 Å². The second-order valence-electron chi connectivity index (χ2n) is 5.91. The summed E-state index contributed by atoms with van der Waals surface area (Å²) >= 11 is 0. The molecule has 2 heterocycles. The molecule has 0 saturated carbocycles. The van der Waals surface area contributed by atoms with Gasteiger partial charge in [-0.3, -0.25) is 4.79 Å². The van der Waals surface area contributed by atoms with Gasteiger partial charge in [0.25, 0.3) is 5.91 Å². The van der Waals surface area contributed by atoms with E-state index < -0.39 is 5.54 Å². The second-order valence-corrected chi connectivity index (χ2v) is 5.91. The lowest BCUT2D eigenvalue weighted by atomic mass is 9.78. The highest BCUT2D eigenvalue weighted by atomic mass is 16.5. The predicted molar refractivity (Wildman–Crippen MR) is 85.9 cm³/mol. The van der Waals surface area contributed by atoms with Crippen LogP contribution >= 0.6 is 0 Å². The van der Waals surface area contributed by atoms with Crippen molar-refractivity contribution in [3.8, 4) is 11.5 Å². The number of para-hydroxylation sites is 1. The molecule has 0 bridgehead atoms. The molecule has 0 saturated heterocycles. The number of anilines is 1. The van der Waals surface area contributed by atoms with Crippen molar-refractivity contribution in [2.75, 3.05) is 26.1 Å². The summed E-state index contributed by atoms with van der Waals surface area (Å²) in [6, 6.07) is 11.8. The maximum Gasteiger partial charge on any atom is 0.295 e. The van der Waals surface area contributed by atoms with Crippen LogP contribution in [-0.4, -0.2) is 26.7 Å². The Morgan fingerprint density at radius 3 is 2.61 bits per heavy atom. The first-order valence-electron chi connectivity index (χ1n) is 7.71. The van der Waals surface area contributed by atoms with Gasteiger partial charge >= 0.3 is 0 Å². The zero-order valence-electron chi connectivity index (χ0n) is 13.2. The van der Waals surface area contributed by atoms with Gasteiger partial charge in [-0.2, -0.15) is 0 Å². The molecule has 0 unspecified atom stereocenters. The van der Waals surface area contributed by atoms with E-state index in [4.69, 9.17) is 9.47 Å². The van der Waals surface area contributed by atoms with Gasteiger partial charge in [0.1, 0.15) is 0 Å². The molecule has 4 rings (SSSR count). The molecule has 5 heteroatoms. The number of hydrogen-bond acceptors (Lipinski definition) is 3. The van der Waals surface area contributed by atoms with Crippen LogP contribution in [0.1, 0.15) is 16.7 Å². The van der Waals surface area contributed by atoms with Crippen molar-refractivity contribution in [3.05, 3.63) is 53.1 Å². The van der Waals surface area contributed by atoms with Crippen molar-refractivity contribution in [1.29, 1.82) is 0 Å². The summed E-state index contributed by atoms with van der Waals surface area (Å²) in [6.07, 6.45) is 0.896. The highest BCUT2D eigenvalue weighted by Gasteiger charge is 2.54. The summed E-state index contributed by atoms with van der Waals surface area (Å²) in [5.41, 5.74) is 3.29. The topological polar surface area (TPSA) is 64.2 Å². The summed E-state index contributed by atoms with van der Waals surface area (Å²) in [4.78, 5) is 12.9. The molecule has 1 spiro atoms. The SMILES string of the molecule is COc1cc2c(cc1OC)[C@@]1([NH2+]CC2)C(=O)Nc2ccccc21. The number of nitrogens with two attached hydrogens (primary N) is 1. The smallest absolute Gasteiger partial charge is 0.295 e. The van der Waals surface area contributed by atoms with E-state index in [0.29, 0.717) is 11.5 Å². The van der Waals surface area contributed by atoms with Crippen molar-refractivity contribution in [3.63, 3.8) is 0 Å². The average molecular weight is 311 g/mol. The summed E-state index contributed by atoms with van der Waals surface area (Å²) in [7, 11) is 3.25. The number of nitrogens with one attached hydrogen (secondary N) is 1. The van der Waals surface area contributed by atoms with Gasteiger partial charge in [0.2, 0.25) is 5.54 Å². The van der Waals surface area contributed by atoms with Gasteiger partial charge in [0.15, 0.2) is 11.5 Å². The second kappa shape index (κ2) is 4.99. The molecule has 5 nitrogen and oxygen atoms in total. The van der Waals surface area contributed by atoms with Gasteiger partial charge in [-0.05, 0) is 29.8 Å². The van der Waals surface area contributed by atoms with Crippen molar-refractivity contribution in [2.45, 2.75) is 12.0 Å². The van der Waals surface area contributed by atoms with Crippen molar-refractivity contribution < 1.29 is 19.6 Å². The molecule has 1 amide bonds. The fourth-order valence-electron chi connectivity index (χ4n) is 3.80. The van der Waals surface area contributed by atoms with Crippen LogP contribution in [-0.2, 0) is 16.8 Å². The Kier molecular flexibility index (Phi) is 3.06. The van der Waals surface area contributed by atoms with Gasteiger partial charge < -0.3 is 20.1 Å². The molecule has 0 aromatic heterocycles. The minimum atomic E-state index is -0.732. The van der Waals surface area contributed by atoms with E-state index in [2.05, 4.69) is 10.6 Å². The standard InChI is InChI=1S/C18H18N2O3/c1-22-15-9-11-7-8-19-18(13(11)10-16(15)23-2)12-5-3-4-6-14(12)20-17(18)21/h3-6,9-10,19H,7-8H2,1-2H3,(H,20,21)/p+1/t18-/m1/s1. The molecule has 2 aliphatic rings. The minimum Gasteiger partial charge on any atom is -0.493 e. The Morgan fingerprint density at radius 2 is 1.83 bits per heavy atom. The third-order valence-corrected chi connectivity index (χ3v) is 4.86. The van der Waals surface area contributed by atoms with Gasteiger partial charge in [-0.15, -0.1) is 0 Å². The van der Waals surface area contributed by atoms with Crippen LogP contribution in [0.2, 0.25) is 0 Å². The molecule has 2 aromatic rings. The van der Waals surface area contributed by atoms with Crippen LogP contribution in [0.15, 0.2) is 36.4 Å². The Hall–Kier alpha value is -2.53. The van der Waals surface area contributed by atoms with Crippen LogP contribution in [0, 0.1) is 0 Å².